The summed E-state index contributed by atoms with van der Waals surface area (Å²) >= 11 is 0. The largest absolute Gasteiger partial charge is 0.393 e. The third kappa shape index (κ3) is 1.69. The number of nitrogens with two attached hydrogens (primary N) is 1. The summed E-state index contributed by atoms with van der Waals surface area (Å²) in [5.41, 5.74) is 7.83. The Morgan fingerprint density at radius 2 is 2.00 bits per heavy atom. The number of hydroxylamine groups is 1. The molecule has 1 saturated heterocycles. The summed E-state index contributed by atoms with van der Waals surface area (Å²) in [5, 5.41) is 18.4. The van der Waals surface area contributed by atoms with Crippen molar-refractivity contribution in [3.8, 4) is 0 Å². The van der Waals surface area contributed by atoms with Crippen LogP contribution in [0.15, 0.2) is 0 Å². The van der Waals surface area contributed by atoms with E-state index >= 15 is 0 Å². The summed E-state index contributed by atoms with van der Waals surface area (Å²) in [5.74, 6) is -1.63. The highest BCUT2D eigenvalue weighted by Crippen LogP contribution is 2.25. The van der Waals surface area contributed by atoms with Crippen LogP contribution in [0, 0.1) is 5.92 Å². The molecular formula is C6H14N2O3. The zero-order valence-corrected chi connectivity index (χ0v) is 6.61. The number of hydrogen-bond donors (Lipinski definition) is 4. The van der Waals surface area contributed by atoms with Crippen LogP contribution in [-0.2, 0) is 4.84 Å². The maximum atomic E-state index is 9.25. The standard InChI is InChI=1S/C6H14N2O3/c1-3(4(2)9)5(7)6(10)8-11-6/h3-5,8-10H,7H2,1-2H3/t3-,4?,5-,6?/m0/s1. The average Bonchev–Trinajstić information content (AvgIpc) is 2.66. The van der Waals surface area contributed by atoms with Crippen molar-refractivity contribution < 1.29 is 15.1 Å². The quantitative estimate of drug-likeness (QED) is 0.379. The van der Waals surface area contributed by atoms with Crippen molar-refractivity contribution >= 4 is 0 Å². The van der Waals surface area contributed by atoms with Gasteiger partial charge in [-0.05, 0) is 6.92 Å². The number of aliphatic hydroxyl groups is 2. The summed E-state index contributed by atoms with van der Waals surface area (Å²) in [6.07, 6.45) is -0.556. The first kappa shape index (κ1) is 8.89. The second-order valence-corrected chi connectivity index (χ2v) is 3.03. The van der Waals surface area contributed by atoms with Gasteiger partial charge >= 0.3 is 0 Å². The van der Waals surface area contributed by atoms with Crippen molar-refractivity contribution in [2.24, 2.45) is 11.7 Å². The highest BCUT2D eigenvalue weighted by atomic mass is 16.9. The van der Waals surface area contributed by atoms with Gasteiger partial charge < -0.3 is 15.9 Å². The fourth-order valence-electron chi connectivity index (χ4n) is 0.845. The van der Waals surface area contributed by atoms with Crippen LogP contribution in [0.4, 0.5) is 0 Å². The number of rotatable bonds is 3. The molecule has 1 fully saturated rings. The molecule has 11 heavy (non-hydrogen) atoms. The molecule has 2 unspecified atom stereocenters. The molecule has 0 spiro atoms. The van der Waals surface area contributed by atoms with Crippen molar-refractivity contribution in [2.75, 3.05) is 0 Å². The van der Waals surface area contributed by atoms with E-state index in [1.807, 2.05) is 0 Å². The van der Waals surface area contributed by atoms with E-state index in [4.69, 9.17) is 10.8 Å². The van der Waals surface area contributed by atoms with Gasteiger partial charge in [0.05, 0.1) is 12.1 Å². The Bertz CT molecular complexity index is 147. The average molecular weight is 162 g/mol. The predicted molar refractivity (Wildman–Crippen MR) is 38.0 cm³/mol. The summed E-state index contributed by atoms with van der Waals surface area (Å²) in [6.45, 7) is 3.37. The monoisotopic (exact) mass is 162 g/mol. The first-order valence-electron chi connectivity index (χ1n) is 3.58. The maximum Gasteiger partial charge on any atom is 0.280 e. The third-order valence-corrected chi connectivity index (χ3v) is 2.09. The molecule has 1 rings (SSSR count). The molecule has 5 N–H and O–H groups in total. The van der Waals surface area contributed by atoms with E-state index < -0.39 is 18.1 Å². The highest BCUT2D eigenvalue weighted by Gasteiger charge is 2.51. The summed E-state index contributed by atoms with van der Waals surface area (Å²) in [7, 11) is 0. The van der Waals surface area contributed by atoms with Gasteiger partial charge in [0.1, 0.15) is 0 Å². The van der Waals surface area contributed by atoms with Crippen LogP contribution in [-0.4, -0.2) is 28.3 Å². The number of nitrogens with one attached hydrogen (secondary N) is 1. The van der Waals surface area contributed by atoms with E-state index in [0.717, 1.165) is 0 Å². The molecule has 1 heterocycles. The molecule has 5 nitrogen and oxygen atoms in total. The van der Waals surface area contributed by atoms with Gasteiger partial charge in [-0.2, -0.15) is 0 Å². The van der Waals surface area contributed by atoms with Gasteiger partial charge in [-0.25, -0.2) is 4.84 Å². The SMILES string of the molecule is CC(O)[C@H](C)[C@H](N)C1(O)NO1. The van der Waals surface area contributed by atoms with E-state index in [1.54, 1.807) is 13.8 Å². The second kappa shape index (κ2) is 2.69. The molecule has 4 atom stereocenters. The van der Waals surface area contributed by atoms with Crippen LogP contribution in [0.5, 0.6) is 0 Å². The molecule has 66 valence electrons. The Labute approximate surface area is 65.1 Å². The predicted octanol–water partition coefficient (Wildman–Crippen LogP) is -1.49. The van der Waals surface area contributed by atoms with E-state index in [0.29, 0.717) is 0 Å². The molecule has 0 aromatic rings. The molecule has 1 aliphatic rings. The summed E-state index contributed by atoms with van der Waals surface area (Å²) < 4.78 is 0. The molecule has 0 bridgehead atoms. The lowest BCUT2D eigenvalue weighted by molar-refractivity contribution is -0.0238. The Balaban J connectivity index is 2.46. The highest BCUT2D eigenvalue weighted by molar-refractivity contribution is 4.88. The zero-order valence-electron chi connectivity index (χ0n) is 6.61. The second-order valence-electron chi connectivity index (χ2n) is 3.03. The zero-order chi connectivity index (χ0) is 8.65. The Morgan fingerprint density at radius 1 is 1.55 bits per heavy atom. The van der Waals surface area contributed by atoms with Gasteiger partial charge in [0.15, 0.2) is 0 Å². The minimum Gasteiger partial charge on any atom is -0.393 e. The molecule has 0 radical (unpaired) electrons. The smallest absolute Gasteiger partial charge is 0.280 e. The van der Waals surface area contributed by atoms with Crippen LogP contribution >= 0.6 is 0 Å². The van der Waals surface area contributed by atoms with Gasteiger partial charge in [0, 0.05) is 5.92 Å². The van der Waals surface area contributed by atoms with E-state index in [2.05, 4.69) is 10.3 Å². The van der Waals surface area contributed by atoms with Crippen molar-refractivity contribution in [1.29, 1.82) is 0 Å². The molecule has 0 aromatic heterocycles. The summed E-state index contributed by atoms with van der Waals surface area (Å²) in [4.78, 5) is 4.50. The fraction of sp³-hybridized carbons (Fsp3) is 1.00. The van der Waals surface area contributed by atoms with Crippen molar-refractivity contribution in [3.63, 3.8) is 0 Å². The lowest BCUT2D eigenvalue weighted by Gasteiger charge is -2.22. The Hall–Kier alpha value is -0.200. The minimum atomic E-state index is -1.42. The molecule has 0 aromatic carbocycles. The third-order valence-electron chi connectivity index (χ3n) is 2.09. The Kier molecular flexibility index (Phi) is 2.17. The normalized spacial score (nSPS) is 37.9. The van der Waals surface area contributed by atoms with Crippen LogP contribution in [0.25, 0.3) is 0 Å². The lowest BCUT2D eigenvalue weighted by atomic mass is 9.96. The van der Waals surface area contributed by atoms with Crippen LogP contribution in [0.3, 0.4) is 0 Å². The molecular weight excluding hydrogens is 148 g/mol. The van der Waals surface area contributed by atoms with E-state index in [-0.39, 0.29) is 5.92 Å². The first-order chi connectivity index (χ1) is 4.97. The molecule has 0 aliphatic carbocycles. The van der Waals surface area contributed by atoms with Crippen LogP contribution in [0.2, 0.25) is 0 Å². The number of aliphatic hydroxyl groups excluding tert-OH is 1. The topological polar surface area (TPSA) is 101 Å². The van der Waals surface area contributed by atoms with E-state index in [1.165, 1.54) is 0 Å². The van der Waals surface area contributed by atoms with Gasteiger partial charge in [-0.1, -0.05) is 6.92 Å². The molecule has 0 amide bonds. The minimum absolute atomic E-state index is 0.213. The van der Waals surface area contributed by atoms with Gasteiger partial charge in [-0.15, -0.1) is 5.48 Å². The van der Waals surface area contributed by atoms with Gasteiger partial charge in [0.25, 0.3) is 5.91 Å². The van der Waals surface area contributed by atoms with Crippen LogP contribution in [0.1, 0.15) is 13.8 Å². The number of hydrogen-bond acceptors (Lipinski definition) is 5. The van der Waals surface area contributed by atoms with Crippen molar-refractivity contribution in [1.82, 2.24) is 5.48 Å². The van der Waals surface area contributed by atoms with Gasteiger partial charge in [-0.3, -0.25) is 0 Å². The Morgan fingerprint density at radius 3 is 2.27 bits per heavy atom. The molecule has 5 heteroatoms. The van der Waals surface area contributed by atoms with Crippen molar-refractivity contribution in [3.05, 3.63) is 0 Å². The van der Waals surface area contributed by atoms with E-state index in [9.17, 15) is 5.11 Å². The molecule has 0 saturated carbocycles. The lowest BCUT2D eigenvalue weighted by Crippen LogP contribution is -2.48. The first-order valence-corrected chi connectivity index (χ1v) is 3.58. The van der Waals surface area contributed by atoms with Crippen LogP contribution < -0.4 is 11.2 Å². The molecule has 1 aliphatic heterocycles. The fourth-order valence-corrected chi connectivity index (χ4v) is 0.845. The maximum absolute atomic E-state index is 9.25. The van der Waals surface area contributed by atoms with Gasteiger partial charge in [0.2, 0.25) is 0 Å². The summed E-state index contributed by atoms with van der Waals surface area (Å²) in [6, 6.07) is -0.609. The van der Waals surface area contributed by atoms with Crippen molar-refractivity contribution in [2.45, 2.75) is 31.9 Å².